The molecule has 0 radical (unpaired) electrons. The van der Waals surface area contributed by atoms with Gasteiger partial charge in [-0.25, -0.2) is 8.42 Å². The minimum Gasteiger partial charge on any atom is -0.395 e. The van der Waals surface area contributed by atoms with Crippen LogP contribution in [0.3, 0.4) is 0 Å². The fourth-order valence-corrected chi connectivity index (χ4v) is 3.95. The maximum Gasteiger partial charge on any atom is 0.272 e. The number of amides is 1. The van der Waals surface area contributed by atoms with Gasteiger partial charge in [0.25, 0.3) is 10.0 Å². The smallest absolute Gasteiger partial charge is 0.272 e. The van der Waals surface area contributed by atoms with Crippen LogP contribution in [-0.4, -0.2) is 53.6 Å². The molecule has 1 heterocycles. The number of aromatic nitrogens is 2. The largest absolute Gasteiger partial charge is 0.395 e. The average molecular weight is 308 g/mol. The van der Waals surface area contributed by atoms with Crippen LogP contribution in [0.25, 0.3) is 0 Å². The Morgan fingerprint density at radius 3 is 2.63 bits per heavy atom. The number of anilines is 1. The maximum absolute atomic E-state index is 12.2. The minimum atomic E-state index is -3.77. The molecule has 0 unspecified atom stereocenters. The van der Waals surface area contributed by atoms with Gasteiger partial charge in [-0.2, -0.15) is 4.31 Å². The lowest BCUT2D eigenvalue weighted by molar-refractivity contribution is -0.114. The van der Waals surface area contributed by atoms with Gasteiger partial charge in [-0.15, -0.1) is 10.2 Å². The van der Waals surface area contributed by atoms with Crippen molar-refractivity contribution >= 4 is 32.4 Å². The third-order valence-electron chi connectivity index (χ3n) is 2.07. The van der Waals surface area contributed by atoms with E-state index in [9.17, 15) is 13.2 Å². The zero-order valence-electron chi connectivity index (χ0n) is 10.7. The predicted molar refractivity (Wildman–Crippen MR) is 70.3 cm³/mol. The van der Waals surface area contributed by atoms with E-state index in [2.05, 4.69) is 15.5 Å². The van der Waals surface area contributed by atoms with Crippen molar-refractivity contribution in [3.63, 3.8) is 0 Å². The summed E-state index contributed by atoms with van der Waals surface area (Å²) in [6.07, 6.45) is 0.622. The molecule has 0 spiro atoms. The molecule has 10 heteroatoms. The maximum atomic E-state index is 12.2. The fourth-order valence-electron chi connectivity index (χ4n) is 1.34. The summed E-state index contributed by atoms with van der Waals surface area (Å²) in [5, 5.41) is 18.6. The van der Waals surface area contributed by atoms with Gasteiger partial charge in [-0.1, -0.05) is 18.3 Å². The van der Waals surface area contributed by atoms with E-state index in [1.54, 1.807) is 0 Å². The standard InChI is InChI=1S/C9H16N4O4S2/c1-3-4-13(5-6-14)19(16,17)9-12-11-8(18-9)10-7(2)15/h14H,3-6H2,1-2H3,(H,10,11,15). The van der Waals surface area contributed by atoms with Crippen LogP contribution in [0.1, 0.15) is 20.3 Å². The molecule has 19 heavy (non-hydrogen) atoms. The summed E-state index contributed by atoms with van der Waals surface area (Å²) >= 11 is 0.783. The zero-order valence-corrected chi connectivity index (χ0v) is 12.3. The molecule has 0 aliphatic carbocycles. The average Bonchev–Trinajstić information content (AvgIpc) is 2.77. The number of carbonyl (C=O) groups is 1. The second kappa shape index (κ2) is 6.89. The lowest BCUT2D eigenvalue weighted by Gasteiger charge is -2.18. The number of rotatable bonds is 7. The molecule has 0 aliphatic heterocycles. The van der Waals surface area contributed by atoms with Crippen molar-refractivity contribution in [3.05, 3.63) is 0 Å². The number of hydrogen-bond acceptors (Lipinski definition) is 7. The van der Waals surface area contributed by atoms with Gasteiger partial charge in [-0.05, 0) is 6.42 Å². The highest BCUT2D eigenvalue weighted by molar-refractivity contribution is 7.91. The fraction of sp³-hybridized carbons (Fsp3) is 0.667. The molecule has 1 aromatic heterocycles. The summed E-state index contributed by atoms with van der Waals surface area (Å²) in [5.41, 5.74) is 0. The Morgan fingerprint density at radius 2 is 2.11 bits per heavy atom. The molecule has 8 nitrogen and oxygen atoms in total. The van der Waals surface area contributed by atoms with Crippen LogP contribution in [0.4, 0.5) is 5.13 Å². The van der Waals surface area contributed by atoms with Crippen LogP contribution in [-0.2, 0) is 14.8 Å². The van der Waals surface area contributed by atoms with Gasteiger partial charge in [0.05, 0.1) is 6.61 Å². The van der Waals surface area contributed by atoms with Crippen LogP contribution < -0.4 is 5.32 Å². The van der Waals surface area contributed by atoms with E-state index >= 15 is 0 Å². The predicted octanol–water partition coefficient (Wildman–Crippen LogP) is -0.110. The Hall–Kier alpha value is -1.10. The summed E-state index contributed by atoms with van der Waals surface area (Å²) in [6, 6.07) is 0. The number of aliphatic hydroxyl groups is 1. The Bertz CT molecular complexity index is 522. The van der Waals surface area contributed by atoms with E-state index in [0.717, 1.165) is 15.6 Å². The van der Waals surface area contributed by atoms with E-state index in [4.69, 9.17) is 5.11 Å². The summed E-state index contributed by atoms with van der Waals surface area (Å²) in [5.74, 6) is -0.346. The molecule has 1 aromatic rings. The van der Waals surface area contributed by atoms with Crippen molar-refractivity contribution in [2.45, 2.75) is 24.6 Å². The first-order valence-electron chi connectivity index (χ1n) is 5.64. The topological polar surface area (TPSA) is 112 Å². The minimum absolute atomic E-state index is 0.00518. The van der Waals surface area contributed by atoms with Gasteiger partial charge in [0.15, 0.2) is 0 Å². The van der Waals surface area contributed by atoms with Gasteiger partial charge in [-0.3, -0.25) is 4.79 Å². The molecular weight excluding hydrogens is 292 g/mol. The van der Waals surface area contributed by atoms with Crippen LogP contribution in [0.5, 0.6) is 0 Å². The van der Waals surface area contributed by atoms with E-state index in [-0.39, 0.29) is 35.1 Å². The molecule has 1 amide bonds. The molecule has 0 saturated carbocycles. The summed E-state index contributed by atoms with van der Waals surface area (Å²) in [7, 11) is -3.77. The van der Waals surface area contributed by atoms with Gasteiger partial charge in [0, 0.05) is 20.0 Å². The first-order valence-corrected chi connectivity index (χ1v) is 7.89. The van der Waals surface area contributed by atoms with Crippen LogP contribution in [0.2, 0.25) is 0 Å². The van der Waals surface area contributed by atoms with Gasteiger partial charge in [0.2, 0.25) is 15.4 Å². The number of sulfonamides is 1. The van der Waals surface area contributed by atoms with Crippen molar-refractivity contribution in [2.24, 2.45) is 0 Å². The lowest BCUT2D eigenvalue weighted by Crippen LogP contribution is -2.34. The van der Waals surface area contributed by atoms with Crippen LogP contribution in [0, 0.1) is 0 Å². The normalized spacial score (nSPS) is 11.8. The second-order valence-electron chi connectivity index (χ2n) is 3.68. The first-order chi connectivity index (χ1) is 8.91. The molecular formula is C9H16N4O4S2. The molecule has 0 aromatic carbocycles. The second-order valence-corrected chi connectivity index (χ2v) is 6.77. The Kier molecular flexibility index (Phi) is 5.79. The number of hydrogen-bond donors (Lipinski definition) is 2. The van der Waals surface area contributed by atoms with Crippen molar-refractivity contribution < 1.29 is 18.3 Å². The molecule has 0 atom stereocenters. The number of aliphatic hydroxyl groups excluding tert-OH is 1. The molecule has 0 fully saturated rings. The van der Waals surface area contributed by atoms with Crippen molar-refractivity contribution in [3.8, 4) is 0 Å². The van der Waals surface area contributed by atoms with Crippen molar-refractivity contribution in [1.29, 1.82) is 0 Å². The van der Waals surface area contributed by atoms with E-state index in [0.29, 0.717) is 6.42 Å². The van der Waals surface area contributed by atoms with Gasteiger partial charge in [0.1, 0.15) is 0 Å². The number of nitrogens with one attached hydrogen (secondary N) is 1. The molecule has 0 bridgehead atoms. The van der Waals surface area contributed by atoms with Crippen molar-refractivity contribution in [1.82, 2.24) is 14.5 Å². The Morgan fingerprint density at radius 1 is 1.42 bits per heavy atom. The van der Waals surface area contributed by atoms with Crippen LogP contribution >= 0.6 is 11.3 Å². The van der Waals surface area contributed by atoms with Crippen molar-refractivity contribution in [2.75, 3.05) is 25.0 Å². The molecule has 0 saturated heterocycles. The molecule has 108 valence electrons. The Balaban J connectivity index is 2.97. The number of carbonyl (C=O) groups excluding carboxylic acids is 1. The van der Waals surface area contributed by atoms with E-state index in [1.165, 1.54) is 6.92 Å². The van der Waals surface area contributed by atoms with E-state index in [1.807, 2.05) is 6.92 Å². The third kappa shape index (κ3) is 4.20. The lowest BCUT2D eigenvalue weighted by atomic mass is 10.5. The monoisotopic (exact) mass is 308 g/mol. The highest BCUT2D eigenvalue weighted by atomic mass is 32.2. The van der Waals surface area contributed by atoms with E-state index < -0.39 is 10.0 Å². The molecule has 2 N–H and O–H groups in total. The van der Waals surface area contributed by atoms with Gasteiger partial charge < -0.3 is 10.4 Å². The summed E-state index contributed by atoms with van der Waals surface area (Å²) in [6.45, 7) is 3.16. The molecule has 1 rings (SSSR count). The molecule has 0 aliphatic rings. The zero-order chi connectivity index (χ0) is 14.5. The van der Waals surface area contributed by atoms with Gasteiger partial charge >= 0.3 is 0 Å². The highest BCUT2D eigenvalue weighted by Crippen LogP contribution is 2.23. The first kappa shape index (κ1) is 16.0. The summed E-state index contributed by atoms with van der Waals surface area (Å²) < 4.78 is 25.4. The van der Waals surface area contributed by atoms with Crippen LogP contribution in [0.15, 0.2) is 4.34 Å². The quantitative estimate of drug-likeness (QED) is 0.680. The SMILES string of the molecule is CCCN(CCO)S(=O)(=O)c1nnc(NC(C)=O)s1. The third-order valence-corrected chi connectivity index (χ3v) is 5.16. The number of nitrogens with zero attached hydrogens (tertiary/aromatic N) is 3. The summed E-state index contributed by atoms with van der Waals surface area (Å²) in [4.78, 5) is 10.8. The highest BCUT2D eigenvalue weighted by Gasteiger charge is 2.27. The Labute approximate surface area is 115 Å².